The molecule has 10 nitrogen and oxygen atoms in total. The van der Waals surface area contributed by atoms with Gasteiger partial charge in [-0.2, -0.15) is 0 Å². The first-order chi connectivity index (χ1) is 8.38. The van der Waals surface area contributed by atoms with Gasteiger partial charge in [-0.3, -0.25) is 4.79 Å². The van der Waals surface area contributed by atoms with Crippen LogP contribution in [0.4, 0.5) is 0 Å². The highest BCUT2D eigenvalue weighted by molar-refractivity contribution is 5.74. The molecule has 1 fully saturated rings. The number of aliphatic carboxylic acids is 1. The Kier molecular flexibility index (Phi) is 4.45. The lowest BCUT2D eigenvalue weighted by Gasteiger charge is -2.39. The van der Waals surface area contributed by atoms with E-state index in [4.69, 9.17) is 15.4 Å². The average molecular weight is 260 g/mol. The molecule has 1 heterocycles. The maximum absolute atomic E-state index is 10.9. The molecule has 0 saturated carbocycles. The number of nitrogens with one attached hydrogen (secondary N) is 1. The molecule has 1 rings (SSSR count). The van der Waals surface area contributed by atoms with Crippen molar-refractivity contribution in [1.82, 2.24) is 5.32 Å². The molecule has 0 unspecified atom stereocenters. The number of hydrogen-bond acceptors (Lipinski definition) is 6. The van der Waals surface area contributed by atoms with Gasteiger partial charge < -0.3 is 25.4 Å². The van der Waals surface area contributed by atoms with E-state index in [1.165, 1.54) is 0 Å². The highest BCUT2D eigenvalue weighted by Gasteiger charge is 2.47. The van der Waals surface area contributed by atoms with Crippen LogP contribution in [0.15, 0.2) is 5.11 Å². The van der Waals surface area contributed by atoms with Crippen molar-refractivity contribution in [1.29, 1.82) is 0 Å². The molecule has 1 saturated heterocycles. The third kappa shape index (κ3) is 2.87. The van der Waals surface area contributed by atoms with Crippen LogP contribution in [0.3, 0.4) is 0 Å². The summed E-state index contributed by atoms with van der Waals surface area (Å²) in [5.74, 6) is -2.07. The van der Waals surface area contributed by atoms with E-state index in [0.717, 1.165) is 6.92 Å². The fourth-order valence-corrected chi connectivity index (χ4v) is 1.62. The molecule has 0 aromatic heterocycles. The van der Waals surface area contributed by atoms with Crippen LogP contribution in [-0.2, 0) is 14.3 Å². The number of rotatable bonds is 3. The fourth-order valence-electron chi connectivity index (χ4n) is 1.62. The number of ether oxygens (including phenoxy) is 1. The largest absolute Gasteiger partial charge is 0.479 e. The summed E-state index contributed by atoms with van der Waals surface area (Å²) in [6.07, 6.45) is -6.53. The number of carbonyl (C=O) groups is 2. The van der Waals surface area contributed by atoms with Crippen LogP contribution in [0.2, 0.25) is 0 Å². The number of nitrogens with zero attached hydrogens (tertiary/aromatic N) is 3. The van der Waals surface area contributed by atoms with Gasteiger partial charge in [-0.25, -0.2) is 4.79 Å². The number of carboxylic acid groups (broad SMARTS) is 1. The lowest BCUT2D eigenvalue weighted by Crippen LogP contribution is -2.64. The molecular weight excluding hydrogens is 248 g/mol. The molecule has 1 amide bonds. The molecule has 10 heteroatoms. The fraction of sp³-hybridized carbons (Fsp3) is 0.750. The third-order valence-electron chi connectivity index (χ3n) is 2.40. The summed E-state index contributed by atoms with van der Waals surface area (Å²) in [5, 5.41) is 33.4. The second-order valence-electron chi connectivity index (χ2n) is 3.70. The van der Waals surface area contributed by atoms with Gasteiger partial charge >= 0.3 is 5.97 Å². The highest BCUT2D eigenvalue weighted by Crippen LogP contribution is 2.22. The zero-order chi connectivity index (χ0) is 13.9. The van der Waals surface area contributed by atoms with Gasteiger partial charge in [-0.1, -0.05) is 5.11 Å². The minimum Gasteiger partial charge on any atom is -0.479 e. The molecule has 1 aliphatic heterocycles. The molecule has 4 N–H and O–H groups in total. The second kappa shape index (κ2) is 5.65. The van der Waals surface area contributed by atoms with Crippen molar-refractivity contribution >= 4 is 11.9 Å². The van der Waals surface area contributed by atoms with E-state index in [0.29, 0.717) is 0 Å². The van der Waals surface area contributed by atoms with E-state index >= 15 is 0 Å². The Morgan fingerprint density at radius 2 is 2.00 bits per heavy atom. The summed E-state index contributed by atoms with van der Waals surface area (Å²) >= 11 is 0. The second-order valence-corrected chi connectivity index (χ2v) is 3.70. The van der Waals surface area contributed by atoms with Crippen LogP contribution in [-0.4, -0.2) is 57.8 Å². The smallest absolute Gasteiger partial charge is 0.335 e. The number of hydrogen-bond donors (Lipinski definition) is 4. The Balaban J connectivity index is 2.99. The molecule has 0 spiro atoms. The molecule has 5 atom stereocenters. The van der Waals surface area contributed by atoms with Gasteiger partial charge in [0.2, 0.25) is 5.91 Å². The molecule has 0 aromatic rings. The van der Waals surface area contributed by atoms with Crippen molar-refractivity contribution in [2.24, 2.45) is 5.11 Å². The van der Waals surface area contributed by atoms with Crippen molar-refractivity contribution in [3.63, 3.8) is 0 Å². The highest BCUT2D eigenvalue weighted by atomic mass is 16.6. The van der Waals surface area contributed by atoms with Crippen molar-refractivity contribution in [3.05, 3.63) is 10.4 Å². The molecule has 18 heavy (non-hydrogen) atoms. The minimum atomic E-state index is -1.75. The van der Waals surface area contributed by atoms with Crippen molar-refractivity contribution in [2.45, 2.75) is 37.5 Å². The van der Waals surface area contributed by atoms with E-state index in [1.807, 2.05) is 0 Å². The summed E-state index contributed by atoms with van der Waals surface area (Å²) in [6, 6.07) is -1.22. The van der Waals surface area contributed by atoms with Crippen LogP contribution >= 0.6 is 0 Å². The van der Waals surface area contributed by atoms with Crippen LogP contribution in [0, 0.1) is 0 Å². The van der Waals surface area contributed by atoms with Gasteiger partial charge in [-0.15, -0.1) is 0 Å². The predicted octanol–water partition coefficient (Wildman–Crippen LogP) is -1.67. The monoisotopic (exact) mass is 260 g/mol. The molecule has 0 radical (unpaired) electrons. The van der Waals surface area contributed by atoms with Gasteiger partial charge in [0.15, 0.2) is 12.3 Å². The average Bonchev–Trinajstić information content (AvgIpc) is 2.27. The number of carboxylic acids is 1. The molecule has 0 aliphatic carbocycles. The standard InChI is InChI=1S/C8H12N4O6/c1-2(13)10-3-4(14)5(15)6(8(16)17)18-7(3)11-12-9/h3-7,14-15H,1H3,(H,10,13)(H,16,17)/t3-,4+,5-,6-,7-/m0/s1. The molecule has 0 bridgehead atoms. The number of aliphatic hydroxyl groups excluding tert-OH is 2. The molecule has 1 aliphatic rings. The normalized spacial score (nSPS) is 35.4. The predicted molar refractivity (Wildman–Crippen MR) is 55.1 cm³/mol. The van der Waals surface area contributed by atoms with Gasteiger partial charge in [0.1, 0.15) is 12.2 Å². The minimum absolute atomic E-state index is 0.554. The van der Waals surface area contributed by atoms with Gasteiger partial charge in [0.05, 0.1) is 6.04 Å². The van der Waals surface area contributed by atoms with E-state index in [-0.39, 0.29) is 0 Å². The maximum atomic E-state index is 10.9. The van der Waals surface area contributed by atoms with Crippen molar-refractivity contribution < 1.29 is 29.6 Å². The van der Waals surface area contributed by atoms with E-state index in [1.54, 1.807) is 0 Å². The Labute approximate surface area is 101 Å². The van der Waals surface area contributed by atoms with Gasteiger partial charge in [0.25, 0.3) is 0 Å². The molecule has 0 aromatic carbocycles. The van der Waals surface area contributed by atoms with Crippen LogP contribution in [0.25, 0.3) is 10.4 Å². The number of amides is 1. The number of azide groups is 1. The first-order valence-corrected chi connectivity index (χ1v) is 4.94. The Hall–Kier alpha value is -1.87. The lowest BCUT2D eigenvalue weighted by atomic mass is 9.96. The zero-order valence-electron chi connectivity index (χ0n) is 9.29. The molecule has 100 valence electrons. The Morgan fingerprint density at radius 1 is 1.39 bits per heavy atom. The van der Waals surface area contributed by atoms with E-state index in [2.05, 4.69) is 15.3 Å². The van der Waals surface area contributed by atoms with Crippen LogP contribution in [0.1, 0.15) is 6.92 Å². The Morgan fingerprint density at radius 3 is 2.44 bits per heavy atom. The van der Waals surface area contributed by atoms with E-state index in [9.17, 15) is 19.8 Å². The van der Waals surface area contributed by atoms with Crippen LogP contribution in [0.5, 0.6) is 0 Å². The lowest BCUT2D eigenvalue weighted by molar-refractivity contribution is -0.201. The first-order valence-electron chi connectivity index (χ1n) is 4.94. The Bertz CT molecular complexity index is 395. The summed E-state index contributed by atoms with van der Waals surface area (Å²) in [5.41, 5.74) is 8.32. The van der Waals surface area contributed by atoms with Gasteiger partial charge in [0, 0.05) is 11.8 Å². The van der Waals surface area contributed by atoms with Crippen molar-refractivity contribution in [3.8, 4) is 0 Å². The quantitative estimate of drug-likeness (QED) is 0.269. The van der Waals surface area contributed by atoms with E-state index < -0.39 is 42.5 Å². The summed E-state index contributed by atoms with van der Waals surface area (Å²) in [4.78, 5) is 24.1. The van der Waals surface area contributed by atoms with Gasteiger partial charge in [-0.05, 0) is 5.53 Å². The SMILES string of the molecule is CC(=O)N[C@H]1[C@@H](O)[C@H](O)[C@@H](C(=O)O)O[C@@H]1N=[N+]=[N-]. The van der Waals surface area contributed by atoms with Crippen molar-refractivity contribution in [2.75, 3.05) is 0 Å². The summed E-state index contributed by atoms with van der Waals surface area (Å²) < 4.78 is 4.84. The summed E-state index contributed by atoms with van der Waals surface area (Å²) in [6.45, 7) is 1.15. The summed E-state index contributed by atoms with van der Waals surface area (Å²) in [7, 11) is 0. The number of carbonyl (C=O) groups excluding carboxylic acids is 1. The first kappa shape index (κ1) is 14.2. The number of aliphatic hydroxyl groups is 2. The topological polar surface area (TPSA) is 165 Å². The maximum Gasteiger partial charge on any atom is 0.335 e. The third-order valence-corrected chi connectivity index (χ3v) is 2.40. The zero-order valence-corrected chi connectivity index (χ0v) is 9.29. The molecular formula is C8H12N4O6. The van der Waals surface area contributed by atoms with Crippen LogP contribution < -0.4 is 5.32 Å².